The van der Waals surface area contributed by atoms with E-state index >= 15 is 0 Å². The SMILES string of the molecule is O=S(=O)(NNc1ccc(Cl)cc1)c1ccc(Cl)cc1. The molecule has 0 spiro atoms. The third kappa shape index (κ3) is 3.84. The first-order valence-electron chi connectivity index (χ1n) is 5.26. The summed E-state index contributed by atoms with van der Waals surface area (Å²) in [5.41, 5.74) is 3.18. The van der Waals surface area contributed by atoms with Crippen molar-refractivity contribution in [3.8, 4) is 0 Å². The fraction of sp³-hybridized carbons (Fsp3) is 0. The zero-order chi connectivity index (χ0) is 13.9. The van der Waals surface area contributed by atoms with Crippen LogP contribution in [0.2, 0.25) is 10.0 Å². The molecule has 2 aromatic carbocycles. The van der Waals surface area contributed by atoms with Crippen LogP contribution in [0.25, 0.3) is 0 Å². The number of hydrogen-bond acceptors (Lipinski definition) is 3. The Balaban J connectivity index is 2.09. The first-order valence-corrected chi connectivity index (χ1v) is 7.50. The van der Waals surface area contributed by atoms with E-state index in [0.29, 0.717) is 15.7 Å². The normalized spacial score (nSPS) is 11.3. The number of sulfonamides is 1. The molecule has 0 unspecified atom stereocenters. The molecule has 0 bridgehead atoms. The Morgan fingerprint density at radius 1 is 0.789 bits per heavy atom. The Labute approximate surface area is 121 Å². The lowest BCUT2D eigenvalue weighted by Gasteiger charge is -2.09. The maximum Gasteiger partial charge on any atom is 0.257 e. The van der Waals surface area contributed by atoms with Crippen molar-refractivity contribution >= 4 is 38.9 Å². The van der Waals surface area contributed by atoms with Crippen LogP contribution in [0, 0.1) is 0 Å². The summed E-state index contributed by atoms with van der Waals surface area (Å²) in [5, 5.41) is 1.05. The van der Waals surface area contributed by atoms with E-state index in [-0.39, 0.29) is 4.90 Å². The maximum atomic E-state index is 11.9. The zero-order valence-electron chi connectivity index (χ0n) is 9.60. The molecule has 0 heterocycles. The van der Waals surface area contributed by atoms with Crippen molar-refractivity contribution in [3.63, 3.8) is 0 Å². The number of benzene rings is 2. The van der Waals surface area contributed by atoms with Crippen LogP contribution < -0.4 is 10.3 Å². The lowest BCUT2D eigenvalue weighted by Crippen LogP contribution is -2.29. The van der Waals surface area contributed by atoms with Gasteiger partial charge in [0.2, 0.25) is 0 Å². The van der Waals surface area contributed by atoms with Gasteiger partial charge in [-0.05, 0) is 48.5 Å². The van der Waals surface area contributed by atoms with E-state index in [0.717, 1.165) is 0 Å². The summed E-state index contributed by atoms with van der Waals surface area (Å²) < 4.78 is 23.9. The van der Waals surface area contributed by atoms with Crippen LogP contribution in [0.1, 0.15) is 0 Å². The molecule has 0 amide bonds. The van der Waals surface area contributed by atoms with Gasteiger partial charge in [0.05, 0.1) is 4.90 Å². The highest BCUT2D eigenvalue weighted by molar-refractivity contribution is 7.89. The number of anilines is 1. The molecule has 7 heteroatoms. The highest BCUT2D eigenvalue weighted by Gasteiger charge is 2.12. The highest BCUT2D eigenvalue weighted by Crippen LogP contribution is 2.15. The zero-order valence-corrected chi connectivity index (χ0v) is 11.9. The molecule has 100 valence electrons. The smallest absolute Gasteiger partial charge is 0.257 e. The standard InChI is InChI=1S/C12H10Cl2N2O2S/c13-9-1-5-11(6-2-9)15-16-19(17,18)12-7-3-10(14)4-8-12/h1-8,15-16H. The van der Waals surface area contributed by atoms with Crippen LogP contribution in [0.3, 0.4) is 0 Å². The van der Waals surface area contributed by atoms with Crippen molar-refractivity contribution in [3.05, 3.63) is 58.6 Å². The number of rotatable bonds is 4. The molecule has 0 atom stereocenters. The van der Waals surface area contributed by atoms with Gasteiger partial charge < -0.3 is 5.43 Å². The van der Waals surface area contributed by atoms with Gasteiger partial charge in [-0.1, -0.05) is 23.2 Å². The lowest BCUT2D eigenvalue weighted by molar-refractivity contribution is 0.588. The van der Waals surface area contributed by atoms with Crippen molar-refractivity contribution in [1.82, 2.24) is 4.83 Å². The van der Waals surface area contributed by atoms with E-state index in [2.05, 4.69) is 10.3 Å². The number of hydrazine groups is 1. The van der Waals surface area contributed by atoms with Gasteiger partial charge in [0.1, 0.15) is 0 Å². The van der Waals surface area contributed by atoms with Crippen LogP contribution in [-0.2, 0) is 10.0 Å². The van der Waals surface area contributed by atoms with Gasteiger partial charge in [0.15, 0.2) is 0 Å². The fourth-order valence-electron chi connectivity index (χ4n) is 1.33. The topological polar surface area (TPSA) is 58.2 Å². The number of hydrogen-bond donors (Lipinski definition) is 2. The summed E-state index contributed by atoms with van der Waals surface area (Å²) in [6.07, 6.45) is 0. The molecule has 0 aromatic heterocycles. The fourth-order valence-corrected chi connectivity index (χ4v) is 2.45. The molecule has 0 saturated carbocycles. The van der Waals surface area contributed by atoms with E-state index in [1.165, 1.54) is 24.3 Å². The molecule has 0 aliphatic rings. The largest absolute Gasteiger partial charge is 0.308 e. The quantitative estimate of drug-likeness (QED) is 0.851. The third-order valence-corrected chi connectivity index (χ3v) is 4.07. The molecule has 0 aliphatic carbocycles. The van der Waals surface area contributed by atoms with Crippen LogP contribution in [0.15, 0.2) is 53.4 Å². The van der Waals surface area contributed by atoms with Crippen LogP contribution >= 0.6 is 23.2 Å². The summed E-state index contributed by atoms with van der Waals surface area (Å²) in [4.78, 5) is 2.39. The molecule has 0 aliphatic heterocycles. The molecular weight excluding hydrogens is 307 g/mol. The Morgan fingerprint density at radius 3 is 1.79 bits per heavy atom. The van der Waals surface area contributed by atoms with Gasteiger partial charge >= 0.3 is 0 Å². The molecule has 4 nitrogen and oxygen atoms in total. The summed E-state index contributed by atoms with van der Waals surface area (Å²) in [6.45, 7) is 0. The second-order valence-corrected chi connectivity index (χ2v) is 6.25. The minimum absolute atomic E-state index is 0.123. The van der Waals surface area contributed by atoms with Crippen LogP contribution in [0.5, 0.6) is 0 Å². The molecule has 2 rings (SSSR count). The van der Waals surface area contributed by atoms with E-state index in [9.17, 15) is 8.42 Å². The maximum absolute atomic E-state index is 11.9. The van der Waals surface area contributed by atoms with Gasteiger partial charge in [-0.3, -0.25) is 0 Å². The molecule has 0 fully saturated rings. The van der Waals surface area contributed by atoms with Gasteiger partial charge in [-0.2, -0.15) is 0 Å². The number of halogens is 2. The first kappa shape index (κ1) is 14.1. The second-order valence-electron chi connectivity index (χ2n) is 3.69. The molecular formula is C12H10Cl2N2O2S. The molecule has 2 N–H and O–H groups in total. The van der Waals surface area contributed by atoms with E-state index in [1.807, 2.05) is 0 Å². The Kier molecular flexibility index (Phi) is 4.31. The lowest BCUT2D eigenvalue weighted by atomic mass is 10.3. The Morgan fingerprint density at radius 2 is 1.26 bits per heavy atom. The van der Waals surface area contributed by atoms with Crippen molar-refractivity contribution < 1.29 is 8.42 Å². The van der Waals surface area contributed by atoms with Gasteiger partial charge in [-0.25, -0.2) is 8.42 Å². The van der Waals surface area contributed by atoms with Gasteiger partial charge in [-0.15, -0.1) is 4.83 Å². The molecule has 0 saturated heterocycles. The van der Waals surface area contributed by atoms with Crippen LogP contribution in [0.4, 0.5) is 5.69 Å². The van der Waals surface area contributed by atoms with Crippen molar-refractivity contribution in [2.75, 3.05) is 5.43 Å². The number of nitrogens with one attached hydrogen (secondary N) is 2. The average Bonchev–Trinajstić information content (AvgIpc) is 2.39. The molecule has 2 aromatic rings. The molecule has 19 heavy (non-hydrogen) atoms. The van der Waals surface area contributed by atoms with E-state index in [4.69, 9.17) is 23.2 Å². The Bertz CT molecular complexity index is 655. The minimum atomic E-state index is -3.64. The van der Waals surface area contributed by atoms with E-state index < -0.39 is 10.0 Å². The van der Waals surface area contributed by atoms with Gasteiger partial charge in [0, 0.05) is 15.7 Å². The second kappa shape index (κ2) is 5.79. The minimum Gasteiger partial charge on any atom is -0.308 e. The Hall–Kier alpha value is -1.27. The van der Waals surface area contributed by atoms with Crippen LogP contribution in [-0.4, -0.2) is 8.42 Å². The summed E-state index contributed by atoms with van der Waals surface area (Å²) in [6, 6.07) is 12.5. The average molecular weight is 317 g/mol. The van der Waals surface area contributed by atoms with Crippen molar-refractivity contribution in [1.29, 1.82) is 0 Å². The predicted molar refractivity (Wildman–Crippen MR) is 76.8 cm³/mol. The highest BCUT2D eigenvalue weighted by atomic mass is 35.5. The summed E-state index contributed by atoms with van der Waals surface area (Å²) in [5.74, 6) is 0. The third-order valence-electron chi connectivity index (χ3n) is 2.30. The first-order chi connectivity index (χ1) is 8.97. The predicted octanol–water partition coefficient (Wildman–Crippen LogP) is 3.30. The molecule has 0 radical (unpaired) electrons. The summed E-state index contributed by atoms with van der Waals surface area (Å²) in [7, 11) is -3.64. The van der Waals surface area contributed by atoms with Crippen molar-refractivity contribution in [2.45, 2.75) is 4.90 Å². The monoisotopic (exact) mass is 316 g/mol. The van der Waals surface area contributed by atoms with Gasteiger partial charge in [0.25, 0.3) is 10.0 Å². The summed E-state index contributed by atoms with van der Waals surface area (Å²) >= 11 is 11.4. The van der Waals surface area contributed by atoms with E-state index in [1.54, 1.807) is 24.3 Å². The van der Waals surface area contributed by atoms with Crippen molar-refractivity contribution in [2.24, 2.45) is 0 Å².